The first kappa shape index (κ1) is 13.7. The SMILES string of the molecule is Nc1ccccc1N(CC(=O)O)Cc1ccc(O)cc1. The molecule has 2 aromatic rings. The van der Waals surface area contributed by atoms with E-state index < -0.39 is 5.97 Å². The molecule has 5 nitrogen and oxygen atoms in total. The van der Waals surface area contributed by atoms with Gasteiger partial charge in [0.15, 0.2) is 0 Å². The maximum Gasteiger partial charge on any atom is 0.323 e. The van der Waals surface area contributed by atoms with Crippen LogP contribution in [0.1, 0.15) is 5.56 Å². The first-order chi connectivity index (χ1) is 9.56. The van der Waals surface area contributed by atoms with Gasteiger partial charge in [-0.15, -0.1) is 0 Å². The number of hydrogen-bond acceptors (Lipinski definition) is 4. The molecule has 2 rings (SSSR count). The number of benzene rings is 2. The predicted octanol–water partition coefficient (Wildman–Crippen LogP) is 2.07. The number of phenolic OH excluding ortho intramolecular Hbond substituents is 1. The van der Waals surface area contributed by atoms with Crippen molar-refractivity contribution < 1.29 is 15.0 Å². The molecule has 0 bridgehead atoms. The molecule has 2 aromatic carbocycles. The highest BCUT2D eigenvalue weighted by atomic mass is 16.4. The molecule has 0 spiro atoms. The van der Waals surface area contributed by atoms with Crippen LogP contribution in [0.5, 0.6) is 5.75 Å². The molecule has 20 heavy (non-hydrogen) atoms. The molecule has 0 atom stereocenters. The number of rotatable bonds is 5. The second-order valence-electron chi connectivity index (χ2n) is 4.48. The molecule has 0 unspecified atom stereocenters. The summed E-state index contributed by atoms with van der Waals surface area (Å²) in [6, 6.07) is 13.8. The van der Waals surface area contributed by atoms with Crippen LogP contribution in [0.25, 0.3) is 0 Å². The van der Waals surface area contributed by atoms with Crippen molar-refractivity contribution in [1.82, 2.24) is 0 Å². The number of aromatic hydroxyl groups is 1. The van der Waals surface area contributed by atoms with Crippen molar-refractivity contribution in [3.05, 3.63) is 54.1 Å². The Morgan fingerprint density at radius 3 is 2.35 bits per heavy atom. The smallest absolute Gasteiger partial charge is 0.323 e. The molecule has 5 heteroatoms. The third-order valence-electron chi connectivity index (χ3n) is 2.91. The number of carbonyl (C=O) groups is 1. The van der Waals surface area contributed by atoms with Gasteiger partial charge in [-0.2, -0.15) is 0 Å². The van der Waals surface area contributed by atoms with Gasteiger partial charge in [0.25, 0.3) is 0 Å². The largest absolute Gasteiger partial charge is 0.508 e. The van der Waals surface area contributed by atoms with E-state index in [-0.39, 0.29) is 12.3 Å². The van der Waals surface area contributed by atoms with Gasteiger partial charge in [-0.05, 0) is 29.8 Å². The molecule has 0 saturated carbocycles. The standard InChI is InChI=1S/C15H16N2O3/c16-13-3-1-2-4-14(13)17(10-15(19)20)9-11-5-7-12(18)8-6-11/h1-8,18H,9-10,16H2,(H,19,20). The van der Waals surface area contributed by atoms with Crippen LogP contribution in [0, 0.1) is 0 Å². The summed E-state index contributed by atoms with van der Waals surface area (Å²) in [7, 11) is 0. The van der Waals surface area contributed by atoms with E-state index in [9.17, 15) is 9.90 Å². The van der Waals surface area contributed by atoms with Crippen molar-refractivity contribution in [2.24, 2.45) is 0 Å². The van der Waals surface area contributed by atoms with E-state index in [1.54, 1.807) is 47.4 Å². The van der Waals surface area contributed by atoms with Gasteiger partial charge < -0.3 is 20.8 Å². The number of phenols is 1. The van der Waals surface area contributed by atoms with E-state index in [1.165, 1.54) is 0 Å². The third-order valence-corrected chi connectivity index (χ3v) is 2.91. The number of nitrogen functional groups attached to an aromatic ring is 1. The second kappa shape index (κ2) is 5.97. The van der Waals surface area contributed by atoms with Crippen LogP contribution in [0.4, 0.5) is 11.4 Å². The van der Waals surface area contributed by atoms with Gasteiger partial charge in [-0.25, -0.2) is 0 Å². The van der Waals surface area contributed by atoms with Crippen molar-refractivity contribution in [3.8, 4) is 5.75 Å². The van der Waals surface area contributed by atoms with E-state index in [2.05, 4.69) is 0 Å². The number of hydrogen-bond donors (Lipinski definition) is 3. The Bertz CT molecular complexity index is 596. The first-order valence-corrected chi connectivity index (χ1v) is 6.15. The molecule has 0 aliphatic rings. The molecule has 0 radical (unpaired) electrons. The van der Waals surface area contributed by atoms with Gasteiger partial charge in [-0.1, -0.05) is 24.3 Å². The van der Waals surface area contributed by atoms with E-state index >= 15 is 0 Å². The van der Waals surface area contributed by atoms with E-state index in [0.717, 1.165) is 5.56 Å². The van der Waals surface area contributed by atoms with Gasteiger partial charge in [0, 0.05) is 6.54 Å². The minimum absolute atomic E-state index is 0.144. The molecule has 104 valence electrons. The summed E-state index contributed by atoms with van der Waals surface area (Å²) >= 11 is 0. The zero-order valence-electron chi connectivity index (χ0n) is 10.9. The zero-order chi connectivity index (χ0) is 14.5. The number of para-hydroxylation sites is 2. The summed E-state index contributed by atoms with van der Waals surface area (Å²) in [5, 5.41) is 18.3. The topological polar surface area (TPSA) is 86.8 Å². The molecule has 0 fully saturated rings. The van der Waals surface area contributed by atoms with Gasteiger partial charge in [-0.3, -0.25) is 4.79 Å². The highest BCUT2D eigenvalue weighted by Crippen LogP contribution is 2.24. The highest BCUT2D eigenvalue weighted by Gasteiger charge is 2.13. The lowest BCUT2D eigenvalue weighted by atomic mass is 10.1. The molecule has 0 aromatic heterocycles. The van der Waals surface area contributed by atoms with E-state index in [0.29, 0.717) is 17.9 Å². The van der Waals surface area contributed by atoms with Crippen molar-refractivity contribution in [1.29, 1.82) is 0 Å². The summed E-state index contributed by atoms with van der Waals surface area (Å²) < 4.78 is 0. The number of nitrogens with two attached hydrogens (primary N) is 1. The molecule has 0 heterocycles. The third kappa shape index (κ3) is 3.41. The van der Waals surface area contributed by atoms with Crippen LogP contribution in [0.2, 0.25) is 0 Å². The van der Waals surface area contributed by atoms with Gasteiger partial charge in [0.1, 0.15) is 12.3 Å². The van der Waals surface area contributed by atoms with Crippen LogP contribution in [-0.4, -0.2) is 22.7 Å². The van der Waals surface area contributed by atoms with Crippen LogP contribution >= 0.6 is 0 Å². The number of nitrogens with zero attached hydrogens (tertiary/aromatic N) is 1. The molecule has 0 saturated heterocycles. The second-order valence-corrected chi connectivity index (χ2v) is 4.48. The minimum Gasteiger partial charge on any atom is -0.508 e. The molecule has 4 N–H and O–H groups in total. The van der Waals surface area contributed by atoms with Gasteiger partial charge in [0.2, 0.25) is 0 Å². The van der Waals surface area contributed by atoms with Crippen LogP contribution < -0.4 is 10.6 Å². The van der Waals surface area contributed by atoms with E-state index in [4.69, 9.17) is 10.8 Å². The molecule has 0 aliphatic carbocycles. The Labute approximate surface area is 116 Å². The maximum absolute atomic E-state index is 11.0. The van der Waals surface area contributed by atoms with Crippen molar-refractivity contribution >= 4 is 17.3 Å². The van der Waals surface area contributed by atoms with Crippen LogP contribution in [0.15, 0.2) is 48.5 Å². The van der Waals surface area contributed by atoms with Gasteiger partial charge >= 0.3 is 5.97 Å². The lowest BCUT2D eigenvalue weighted by Gasteiger charge is -2.24. The normalized spacial score (nSPS) is 10.2. The number of carboxylic acid groups (broad SMARTS) is 1. The number of anilines is 2. The van der Waals surface area contributed by atoms with Crippen LogP contribution in [-0.2, 0) is 11.3 Å². The summed E-state index contributed by atoms with van der Waals surface area (Å²) in [6.07, 6.45) is 0. The van der Waals surface area contributed by atoms with E-state index in [1.807, 2.05) is 6.07 Å². The Morgan fingerprint density at radius 1 is 1.10 bits per heavy atom. The van der Waals surface area contributed by atoms with Gasteiger partial charge in [0.05, 0.1) is 11.4 Å². The average molecular weight is 272 g/mol. The lowest BCUT2D eigenvalue weighted by Crippen LogP contribution is -2.29. The summed E-state index contributed by atoms with van der Waals surface area (Å²) in [6.45, 7) is 0.260. The van der Waals surface area contributed by atoms with Crippen molar-refractivity contribution in [2.75, 3.05) is 17.2 Å². The number of carboxylic acids is 1. The van der Waals surface area contributed by atoms with Crippen molar-refractivity contribution in [2.45, 2.75) is 6.54 Å². The summed E-state index contributed by atoms with van der Waals surface area (Å²) in [5.41, 5.74) is 8.01. The summed E-state index contributed by atoms with van der Waals surface area (Å²) in [5.74, 6) is -0.746. The first-order valence-electron chi connectivity index (χ1n) is 6.15. The fourth-order valence-corrected chi connectivity index (χ4v) is 1.99. The maximum atomic E-state index is 11.0. The quantitative estimate of drug-likeness (QED) is 0.725. The monoisotopic (exact) mass is 272 g/mol. The fraction of sp³-hybridized carbons (Fsp3) is 0.133. The summed E-state index contributed by atoms with van der Waals surface area (Å²) in [4.78, 5) is 12.7. The van der Waals surface area contributed by atoms with Crippen LogP contribution in [0.3, 0.4) is 0 Å². The highest BCUT2D eigenvalue weighted by molar-refractivity contribution is 5.77. The number of aliphatic carboxylic acids is 1. The lowest BCUT2D eigenvalue weighted by molar-refractivity contribution is -0.135. The average Bonchev–Trinajstić information content (AvgIpc) is 2.41. The Kier molecular flexibility index (Phi) is 4.10. The molecular weight excluding hydrogens is 256 g/mol. The Morgan fingerprint density at radius 2 is 1.75 bits per heavy atom. The van der Waals surface area contributed by atoms with Crippen molar-refractivity contribution in [3.63, 3.8) is 0 Å². The Balaban J connectivity index is 2.26. The molecule has 0 amide bonds. The fourth-order valence-electron chi connectivity index (χ4n) is 1.99. The molecule has 0 aliphatic heterocycles. The minimum atomic E-state index is -0.924. The zero-order valence-corrected chi connectivity index (χ0v) is 10.9. The molecular formula is C15H16N2O3. The Hall–Kier alpha value is -2.69. The predicted molar refractivity (Wildman–Crippen MR) is 77.6 cm³/mol.